The van der Waals surface area contributed by atoms with E-state index in [-0.39, 0.29) is 5.91 Å². The number of carbonyl (C=O) groups is 1. The first-order valence-electron chi connectivity index (χ1n) is 7.35. The van der Waals surface area contributed by atoms with E-state index in [2.05, 4.69) is 19.2 Å². The van der Waals surface area contributed by atoms with Gasteiger partial charge in [-0.3, -0.25) is 4.79 Å². The summed E-state index contributed by atoms with van der Waals surface area (Å²) in [5.41, 5.74) is 0.748. The maximum Gasteiger partial charge on any atom is 0.279 e. The number of hydrogen-bond donors (Lipinski definition) is 2. The van der Waals surface area contributed by atoms with Crippen LogP contribution < -0.4 is 15.0 Å². The summed E-state index contributed by atoms with van der Waals surface area (Å²) in [6.07, 6.45) is 1.28. The third-order valence-corrected chi connectivity index (χ3v) is 3.87. The highest BCUT2D eigenvalue weighted by molar-refractivity contribution is 5.92. The molecule has 1 aromatic carbocycles. The van der Waals surface area contributed by atoms with Crippen LogP contribution in [0.2, 0.25) is 0 Å². The largest absolute Gasteiger partial charge is 0.495 e. The molecule has 0 aromatic heterocycles. The lowest BCUT2D eigenvalue weighted by molar-refractivity contribution is -0.904. The minimum Gasteiger partial charge on any atom is -0.495 e. The molecule has 1 amide bonds. The number of anilines is 1. The van der Waals surface area contributed by atoms with E-state index in [0.717, 1.165) is 18.8 Å². The summed E-state index contributed by atoms with van der Waals surface area (Å²) >= 11 is 0. The van der Waals surface area contributed by atoms with Gasteiger partial charge in [0.15, 0.2) is 6.54 Å². The van der Waals surface area contributed by atoms with Crippen LogP contribution in [0.15, 0.2) is 24.3 Å². The lowest BCUT2D eigenvalue weighted by Gasteiger charge is -2.31. The Bertz CT molecular complexity index is 452. The van der Waals surface area contributed by atoms with E-state index < -0.39 is 0 Å². The maximum atomic E-state index is 12.2. The molecular weight excluding hydrogens is 252 g/mol. The van der Waals surface area contributed by atoms with Crippen LogP contribution in [-0.4, -0.2) is 32.7 Å². The van der Waals surface area contributed by atoms with Crippen LogP contribution in [0.25, 0.3) is 0 Å². The number of quaternary nitrogens is 1. The van der Waals surface area contributed by atoms with Crippen LogP contribution in [0, 0.1) is 11.8 Å². The van der Waals surface area contributed by atoms with Gasteiger partial charge in [0.25, 0.3) is 5.91 Å². The molecule has 1 fully saturated rings. The maximum absolute atomic E-state index is 12.2. The Morgan fingerprint density at radius 1 is 1.30 bits per heavy atom. The Kier molecular flexibility index (Phi) is 5.01. The fourth-order valence-electron chi connectivity index (χ4n) is 3.24. The first-order chi connectivity index (χ1) is 9.58. The Labute approximate surface area is 121 Å². The van der Waals surface area contributed by atoms with Crippen LogP contribution in [0.3, 0.4) is 0 Å². The second-order valence-electron chi connectivity index (χ2n) is 6.03. The molecule has 1 heterocycles. The Morgan fingerprint density at radius 2 is 1.95 bits per heavy atom. The molecule has 2 N–H and O–H groups in total. The summed E-state index contributed by atoms with van der Waals surface area (Å²) in [5, 5.41) is 2.95. The van der Waals surface area contributed by atoms with Crippen molar-refractivity contribution in [3.8, 4) is 5.75 Å². The highest BCUT2D eigenvalue weighted by Gasteiger charge is 2.26. The lowest BCUT2D eigenvalue weighted by Crippen LogP contribution is -3.15. The van der Waals surface area contributed by atoms with Crippen LogP contribution >= 0.6 is 0 Å². The van der Waals surface area contributed by atoms with E-state index in [1.165, 1.54) is 11.3 Å². The number of ether oxygens (including phenoxy) is 1. The number of methoxy groups -OCH3 is 1. The smallest absolute Gasteiger partial charge is 0.279 e. The second-order valence-corrected chi connectivity index (χ2v) is 6.03. The number of benzene rings is 1. The van der Waals surface area contributed by atoms with Gasteiger partial charge in [-0.15, -0.1) is 0 Å². The lowest BCUT2D eigenvalue weighted by atomic mass is 9.92. The molecule has 0 spiro atoms. The van der Waals surface area contributed by atoms with Gasteiger partial charge in [-0.1, -0.05) is 26.0 Å². The van der Waals surface area contributed by atoms with Crippen molar-refractivity contribution < 1.29 is 14.4 Å². The molecule has 0 unspecified atom stereocenters. The first-order valence-corrected chi connectivity index (χ1v) is 7.35. The van der Waals surface area contributed by atoms with Gasteiger partial charge < -0.3 is 15.0 Å². The fraction of sp³-hybridized carbons (Fsp3) is 0.562. The van der Waals surface area contributed by atoms with Crippen molar-refractivity contribution in [3.63, 3.8) is 0 Å². The fourth-order valence-corrected chi connectivity index (χ4v) is 3.24. The number of amides is 1. The molecule has 1 aromatic rings. The quantitative estimate of drug-likeness (QED) is 0.868. The van der Waals surface area contributed by atoms with Crippen molar-refractivity contribution in [2.45, 2.75) is 20.3 Å². The third kappa shape index (κ3) is 3.97. The number of nitrogens with one attached hydrogen (secondary N) is 2. The zero-order valence-corrected chi connectivity index (χ0v) is 12.6. The minimum atomic E-state index is 0.0609. The summed E-state index contributed by atoms with van der Waals surface area (Å²) in [6.45, 7) is 7.25. The van der Waals surface area contributed by atoms with E-state index in [1.54, 1.807) is 7.11 Å². The molecule has 1 aliphatic rings. The number of hydrogen-bond acceptors (Lipinski definition) is 2. The van der Waals surface area contributed by atoms with Gasteiger partial charge >= 0.3 is 0 Å². The molecule has 2 rings (SSSR count). The van der Waals surface area contributed by atoms with Crippen LogP contribution in [0.5, 0.6) is 5.75 Å². The summed E-state index contributed by atoms with van der Waals surface area (Å²) in [5.74, 6) is 2.17. The Balaban J connectivity index is 1.92. The average molecular weight is 277 g/mol. The van der Waals surface area contributed by atoms with Gasteiger partial charge in [-0.2, -0.15) is 0 Å². The topological polar surface area (TPSA) is 42.8 Å². The number of piperidine rings is 1. The van der Waals surface area contributed by atoms with Gasteiger partial charge in [-0.05, 0) is 18.6 Å². The van der Waals surface area contributed by atoms with E-state index >= 15 is 0 Å². The summed E-state index contributed by atoms with van der Waals surface area (Å²) in [6, 6.07) is 7.52. The first kappa shape index (κ1) is 14.9. The molecule has 2 atom stereocenters. The Morgan fingerprint density at radius 3 is 2.60 bits per heavy atom. The van der Waals surface area contributed by atoms with Crippen molar-refractivity contribution in [2.24, 2.45) is 11.8 Å². The van der Waals surface area contributed by atoms with Crippen LogP contribution in [0.1, 0.15) is 20.3 Å². The predicted molar refractivity (Wildman–Crippen MR) is 80.1 cm³/mol. The minimum absolute atomic E-state index is 0.0609. The predicted octanol–water partition coefficient (Wildman–Crippen LogP) is 1.19. The SMILES string of the molecule is COc1ccccc1NC(=O)C[NH+]1C[C@@H](C)C[C@H](C)C1. The number of para-hydroxylation sites is 2. The summed E-state index contributed by atoms with van der Waals surface area (Å²) in [7, 11) is 1.62. The van der Waals surface area contributed by atoms with E-state index in [0.29, 0.717) is 24.1 Å². The molecular formula is C16H25N2O2+. The van der Waals surface area contributed by atoms with Crippen molar-refractivity contribution in [1.29, 1.82) is 0 Å². The normalized spacial score (nSPS) is 26.1. The van der Waals surface area contributed by atoms with Crippen molar-refractivity contribution in [2.75, 3.05) is 32.1 Å². The van der Waals surface area contributed by atoms with Crippen molar-refractivity contribution in [1.82, 2.24) is 0 Å². The molecule has 0 saturated carbocycles. The van der Waals surface area contributed by atoms with Gasteiger partial charge in [0, 0.05) is 11.8 Å². The molecule has 20 heavy (non-hydrogen) atoms. The van der Waals surface area contributed by atoms with Crippen molar-refractivity contribution >= 4 is 11.6 Å². The highest BCUT2D eigenvalue weighted by atomic mass is 16.5. The van der Waals surface area contributed by atoms with E-state index in [9.17, 15) is 4.79 Å². The zero-order valence-electron chi connectivity index (χ0n) is 12.6. The average Bonchev–Trinajstić information content (AvgIpc) is 2.37. The van der Waals surface area contributed by atoms with E-state index in [1.807, 2.05) is 24.3 Å². The molecule has 4 nitrogen and oxygen atoms in total. The standard InChI is InChI=1S/C16H24N2O2/c1-12-8-13(2)10-18(9-12)11-16(19)17-14-6-4-5-7-15(14)20-3/h4-7,12-13H,8-11H2,1-3H3,(H,17,19)/p+1/t12-,13-/m0/s1. The molecule has 110 valence electrons. The van der Waals surface area contributed by atoms with Crippen molar-refractivity contribution in [3.05, 3.63) is 24.3 Å². The van der Waals surface area contributed by atoms with Gasteiger partial charge in [0.2, 0.25) is 0 Å². The second kappa shape index (κ2) is 6.75. The molecule has 0 aliphatic carbocycles. The molecule has 1 saturated heterocycles. The molecule has 0 bridgehead atoms. The number of rotatable bonds is 4. The van der Waals surface area contributed by atoms with Gasteiger partial charge in [0.1, 0.15) is 5.75 Å². The molecule has 1 aliphatic heterocycles. The zero-order chi connectivity index (χ0) is 14.5. The molecule has 0 radical (unpaired) electrons. The summed E-state index contributed by atoms with van der Waals surface area (Å²) < 4.78 is 5.25. The highest BCUT2D eigenvalue weighted by Crippen LogP contribution is 2.22. The Hall–Kier alpha value is -1.55. The summed E-state index contributed by atoms with van der Waals surface area (Å²) in [4.78, 5) is 13.6. The van der Waals surface area contributed by atoms with E-state index in [4.69, 9.17) is 4.74 Å². The number of carbonyl (C=O) groups excluding carboxylic acids is 1. The van der Waals surface area contributed by atoms with Crippen LogP contribution in [-0.2, 0) is 4.79 Å². The molecule has 4 heteroatoms. The van der Waals surface area contributed by atoms with Gasteiger partial charge in [0.05, 0.1) is 25.9 Å². The van der Waals surface area contributed by atoms with Crippen LogP contribution in [0.4, 0.5) is 5.69 Å². The monoisotopic (exact) mass is 277 g/mol. The third-order valence-electron chi connectivity index (χ3n) is 3.87. The van der Waals surface area contributed by atoms with Gasteiger partial charge in [-0.25, -0.2) is 0 Å². The number of likely N-dealkylation sites (tertiary alicyclic amines) is 1.